The van der Waals surface area contributed by atoms with Crippen LogP contribution in [0.4, 0.5) is 4.39 Å². The predicted octanol–water partition coefficient (Wildman–Crippen LogP) is 6.01. The molecule has 0 spiro atoms. The molecule has 1 atom stereocenters. The SMILES string of the molecule is CC1CCc2c(Br)ccc(F)c21.Cc1ccc2c(CC(=O)O)coc2c1. The highest BCUT2D eigenvalue weighted by Crippen LogP contribution is 2.38. The molecule has 26 heavy (non-hydrogen) atoms. The number of hydrogen-bond acceptors (Lipinski definition) is 2. The first-order valence-electron chi connectivity index (χ1n) is 8.52. The quantitative estimate of drug-likeness (QED) is 0.554. The van der Waals surface area contributed by atoms with E-state index in [1.165, 1.54) is 11.8 Å². The monoisotopic (exact) mass is 418 g/mol. The minimum absolute atomic E-state index is 0.00998. The van der Waals surface area contributed by atoms with Gasteiger partial charge in [0, 0.05) is 15.4 Å². The number of carboxylic acid groups (broad SMARTS) is 1. The lowest BCUT2D eigenvalue weighted by atomic mass is 10.0. The third kappa shape index (κ3) is 3.83. The number of furan rings is 1. The summed E-state index contributed by atoms with van der Waals surface area (Å²) in [6.45, 7) is 4.06. The van der Waals surface area contributed by atoms with Gasteiger partial charge >= 0.3 is 5.97 Å². The largest absolute Gasteiger partial charge is 0.481 e. The van der Waals surface area contributed by atoms with Crippen molar-refractivity contribution in [3.8, 4) is 0 Å². The lowest BCUT2D eigenvalue weighted by Crippen LogP contribution is -1.98. The molecule has 3 nitrogen and oxygen atoms in total. The number of benzene rings is 2. The van der Waals surface area contributed by atoms with Crippen LogP contribution in [0.25, 0.3) is 11.0 Å². The molecule has 1 aromatic heterocycles. The summed E-state index contributed by atoms with van der Waals surface area (Å²) < 4.78 is 19.6. The smallest absolute Gasteiger partial charge is 0.307 e. The first-order chi connectivity index (χ1) is 12.4. The van der Waals surface area contributed by atoms with Crippen molar-refractivity contribution in [3.05, 3.63) is 69.1 Å². The van der Waals surface area contributed by atoms with Gasteiger partial charge in [0.15, 0.2) is 0 Å². The fourth-order valence-corrected chi connectivity index (χ4v) is 3.94. The Morgan fingerprint density at radius 3 is 2.81 bits per heavy atom. The van der Waals surface area contributed by atoms with E-state index >= 15 is 0 Å². The zero-order valence-electron chi connectivity index (χ0n) is 14.7. The van der Waals surface area contributed by atoms with Crippen LogP contribution in [-0.2, 0) is 17.6 Å². The molecule has 5 heteroatoms. The maximum atomic E-state index is 13.3. The molecule has 0 bridgehead atoms. The Kier molecular flexibility index (Phi) is 5.47. The molecule has 0 saturated carbocycles. The van der Waals surface area contributed by atoms with Gasteiger partial charge in [0.05, 0.1) is 12.7 Å². The van der Waals surface area contributed by atoms with E-state index in [1.54, 1.807) is 12.1 Å². The molecule has 4 rings (SSSR count). The molecule has 3 aromatic rings. The Morgan fingerprint density at radius 2 is 2.12 bits per heavy atom. The van der Waals surface area contributed by atoms with Gasteiger partial charge in [-0.3, -0.25) is 4.79 Å². The van der Waals surface area contributed by atoms with Crippen molar-refractivity contribution in [3.63, 3.8) is 0 Å². The Balaban J connectivity index is 0.000000152. The number of halogens is 2. The molecule has 136 valence electrons. The molecule has 0 radical (unpaired) electrons. The van der Waals surface area contributed by atoms with Crippen LogP contribution in [-0.4, -0.2) is 11.1 Å². The number of fused-ring (bicyclic) bond motifs is 2. The van der Waals surface area contributed by atoms with Crippen LogP contribution in [0.15, 0.2) is 45.5 Å². The normalized spacial score (nSPS) is 15.5. The summed E-state index contributed by atoms with van der Waals surface area (Å²) in [5.74, 6) is -0.496. The van der Waals surface area contributed by atoms with Gasteiger partial charge < -0.3 is 9.52 Å². The maximum Gasteiger partial charge on any atom is 0.307 e. The molecular formula is C21H20BrFO3. The van der Waals surface area contributed by atoms with Gasteiger partial charge in [-0.2, -0.15) is 0 Å². The summed E-state index contributed by atoms with van der Waals surface area (Å²) in [5.41, 5.74) is 4.68. The van der Waals surface area contributed by atoms with E-state index in [2.05, 4.69) is 22.9 Å². The minimum Gasteiger partial charge on any atom is -0.481 e. The average Bonchev–Trinajstić information content (AvgIpc) is 3.16. The molecule has 2 aromatic carbocycles. The van der Waals surface area contributed by atoms with Gasteiger partial charge in [0.1, 0.15) is 11.4 Å². The lowest BCUT2D eigenvalue weighted by Gasteiger charge is -2.06. The van der Waals surface area contributed by atoms with Gasteiger partial charge in [-0.25, -0.2) is 4.39 Å². The van der Waals surface area contributed by atoms with Crippen molar-refractivity contribution in [2.75, 3.05) is 0 Å². The fourth-order valence-electron chi connectivity index (χ4n) is 3.39. The summed E-state index contributed by atoms with van der Waals surface area (Å²) in [5, 5.41) is 9.54. The second-order valence-corrected chi connectivity index (χ2v) is 7.55. The highest BCUT2D eigenvalue weighted by Gasteiger charge is 2.23. The van der Waals surface area contributed by atoms with Crippen LogP contribution in [0.1, 0.15) is 41.5 Å². The molecule has 0 aliphatic heterocycles. The van der Waals surface area contributed by atoms with Crippen LogP contribution < -0.4 is 0 Å². The van der Waals surface area contributed by atoms with Crippen molar-refractivity contribution >= 4 is 32.9 Å². The summed E-state index contributed by atoms with van der Waals surface area (Å²) >= 11 is 3.44. The number of rotatable bonds is 2. The van der Waals surface area contributed by atoms with E-state index in [4.69, 9.17) is 9.52 Å². The predicted molar refractivity (Wildman–Crippen MR) is 103 cm³/mol. The van der Waals surface area contributed by atoms with Crippen LogP contribution in [0.2, 0.25) is 0 Å². The van der Waals surface area contributed by atoms with Gasteiger partial charge in [-0.15, -0.1) is 0 Å². The number of carbonyl (C=O) groups is 1. The van der Waals surface area contributed by atoms with E-state index in [-0.39, 0.29) is 12.2 Å². The molecular weight excluding hydrogens is 399 g/mol. The van der Waals surface area contributed by atoms with E-state index < -0.39 is 5.97 Å². The number of hydrogen-bond donors (Lipinski definition) is 1. The van der Waals surface area contributed by atoms with Crippen LogP contribution in [0.5, 0.6) is 0 Å². The minimum atomic E-state index is -0.840. The van der Waals surface area contributed by atoms with Gasteiger partial charge in [0.2, 0.25) is 0 Å². The molecule has 1 unspecified atom stereocenters. The Labute approximate surface area is 160 Å². The topological polar surface area (TPSA) is 50.4 Å². The summed E-state index contributed by atoms with van der Waals surface area (Å²) in [4.78, 5) is 10.5. The van der Waals surface area contributed by atoms with Crippen molar-refractivity contribution in [2.24, 2.45) is 0 Å². The highest BCUT2D eigenvalue weighted by atomic mass is 79.9. The van der Waals surface area contributed by atoms with E-state index in [1.807, 2.05) is 25.1 Å². The highest BCUT2D eigenvalue weighted by molar-refractivity contribution is 9.10. The third-order valence-corrected chi connectivity index (χ3v) is 5.46. The summed E-state index contributed by atoms with van der Waals surface area (Å²) in [6.07, 6.45) is 3.61. The first-order valence-corrected chi connectivity index (χ1v) is 9.31. The summed E-state index contributed by atoms with van der Waals surface area (Å²) in [7, 11) is 0. The molecule has 0 amide bonds. The fraction of sp³-hybridized carbons (Fsp3) is 0.286. The molecule has 0 fully saturated rings. The van der Waals surface area contributed by atoms with E-state index in [9.17, 15) is 9.18 Å². The second kappa shape index (κ2) is 7.62. The lowest BCUT2D eigenvalue weighted by molar-refractivity contribution is -0.136. The average molecular weight is 419 g/mol. The summed E-state index contributed by atoms with van der Waals surface area (Å²) in [6, 6.07) is 9.09. The van der Waals surface area contributed by atoms with Crippen LogP contribution in [0, 0.1) is 12.7 Å². The zero-order chi connectivity index (χ0) is 18.8. The van der Waals surface area contributed by atoms with Gasteiger partial charge in [-0.1, -0.05) is 35.0 Å². The zero-order valence-corrected chi connectivity index (χ0v) is 16.3. The third-order valence-electron chi connectivity index (χ3n) is 4.72. The van der Waals surface area contributed by atoms with Crippen molar-refractivity contribution in [1.82, 2.24) is 0 Å². The van der Waals surface area contributed by atoms with Crippen molar-refractivity contribution in [2.45, 2.75) is 39.0 Å². The van der Waals surface area contributed by atoms with Crippen LogP contribution in [0.3, 0.4) is 0 Å². The number of aryl methyl sites for hydroxylation is 1. The Hall–Kier alpha value is -2.14. The molecule has 0 saturated heterocycles. The Morgan fingerprint density at radius 1 is 1.35 bits per heavy atom. The standard InChI is InChI=1S/C11H10O3.C10H10BrF/c1-7-2-3-9-8(5-11(12)13)6-14-10(9)4-7;1-6-2-3-7-8(11)4-5-9(12)10(6)7/h2-4,6H,5H2,1H3,(H,12,13);4-6H,2-3H2,1H3. The van der Waals surface area contributed by atoms with Gasteiger partial charge in [0.25, 0.3) is 0 Å². The molecule has 1 heterocycles. The van der Waals surface area contributed by atoms with Crippen LogP contribution >= 0.6 is 15.9 Å². The molecule has 1 aliphatic rings. The van der Waals surface area contributed by atoms with E-state index in [0.29, 0.717) is 5.92 Å². The van der Waals surface area contributed by atoms with E-state index in [0.717, 1.165) is 45.0 Å². The first kappa shape index (κ1) is 18.6. The molecule has 1 aliphatic carbocycles. The van der Waals surface area contributed by atoms with Crippen molar-refractivity contribution < 1.29 is 18.7 Å². The van der Waals surface area contributed by atoms with Gasteiger partial charge in [-0.05, 0) is 60.6 Å². The number of carboxylic acids is 1. The van der Waals surface area contributed by atoms with Crippen molar-refractivity contribution in [1.29, 1.82) is 0 Å². The molecule has 1 N–H and O–H groups in total. The second-order valence-electron chi connectivity index (χ2n) is 6.69. The maximum absolute atomic E-state index is 13.3. The Bertz CT molecular complexity index is 961. The number of aliphatic carboxylic acids is 1.